The van der Waals surface area contributed by atoms with Crippen molar-refractivity contribution >= 4 is 9.84 Å². The molecule has 0 fully saturated rings. The van der Waals surface area contributed by atoms with Crippen molar-refractivity contribution in [2.75, 3.05) is 6.26 Å². The van der Waals surface area contributed by atoms with Gasteiger partial charge in [-0.05, 0) is 19.1 Å². The minimum absolute atomic E-state index is 0.0625. The van der Waals surface area contributed by atoms with Crippen LogP contribution in [-0.2, 0) is 16.0 Å². The molecule has 124 valence electrons. The fraction of sp³-hybridized carbons (Fsp3) is 0.250. The number of alkyl halides is 3. The van der Waals surface area contributed by atoms with Gasteiger partial charge in [-0.3, -0.25) is 4.79 Å². The summed E-state index contributed by atoms with van der Waals surface area (Å²) >= 11 is 0. The zero-order valence-electron chi connectivity index (χ0n) is 11.8. The third kappa shape index (κ3) is 3.18. The maximum Gasteiger partial charge on any atom is 0.417 e. The van der Waals surface area contributed by atoms with E-state index in [4.69, 9.17) is 0 Å². The smallest absolute Gasteiger partial charge is 0.417 e. The van der Waals surface area contributed by atoms with E-state index in [9.17, 15) is 31.6 Å². The molecule has 0 unspecified atom stereocenters. The first-order valence-corrected chi connectivity index (χ1v) is 7.89. The lowest BCUT2D eigenvalue weighted by Crippen LogP contribution is -2.25. The molecule has 1 aromatic carbocycles. The van der Waals surface area contributed by atoms with Gasteiger partial charge >= 0.3 is 11.7 Å². The van der Waals surface area contributed by atoms with Gasteiger partial charge in [0.1, 0.15) is 0 Å². The molecule has 0 aliphatic carbocycles. The van der Waals surface area contributed by atoms with E-state index >= 15 is 0 Å². The molecular formula is C12H10F3N3O4S. The predicted octanol–water partition coefficient (Wildman–Crippen LogP) is 1.27. The lowest BCUT2D eigenvalue weighted by molar-refractivity contribution is -0.137. The zero-order chi connectivity index (χ0) is 17.6. The van der Waals surface area contributed by atoms with Crippen LogP contribution in [0.25, 0.3) is 11.3 Å². The van der Waals surface area contributed by atoms with Crippen LogP contribution < -0.4 is 5.56 Å². The Bertz CT molecular complexity index is 936. The average molecular weight is 349 g/mol. The summed E-state index contributed by atoms with van der Waals surface area (Å²) in [4.78, 5) is 11.3. The molecule has 23 heavy (non-hydrogen) atoms. The van der Waals surface area contributed by atoms with Gasteiger partial charge in [0.15, 0.2) is 21.4 Å². The summed E-state index contributed by atoms with van der Waals surface area (Å²) < 4.78 is 62.5. The van der Waals surface area contributed by atoms with E-state index in [2.05, 4.69) is 10.2 Å². The molecule has 1 N–H and O–H groups in total. The van der Waals surface area contributed by atoms with Crippen LogP contribution in [0.2, 0.25) is 0 Å². The highest BCUT2D eigenvalue weighted by Crippen LogP contribution is 2.36. The number of nitrogens with zero attached hydrogens (tertiary/aromatic N) is 3. The van der Waals surface area contributed by atoms with Crippen LogP contribution in [0.4, 0.5) is 13.2 Å². The summed E-state index contributed by atoms with van der Waals surface area (Å²) in [7, 11) is -3.88. The van der Waals surface area contributed by atoms with Gasteiger partial charge < -0.3 is 5.21 Å². The molecular weight excluding hydrogens is 339 g/mol. The molecule has 0 aliphatic rings. The summed E-state index contributed by atoms with van der Waals surface area (Å²) in [6, 6.07) is 2.13. The molecule has 0 saturated carbocycles. The maximum absolute atomic E-state index is 13.2. The Morgan fingerprint density at radius 1 is 1.22 bits per heavy atom. The number of halogens is 3. The monoisotopic (exact) mass is 349 g/mol. The molecule has 0 radical (unpaired) electrons. The Balaban J connectivity index is 2.84. The Labute approximate surface area is 127 Å². The summed E-state index contributed by atoms with van der Waals surface area (Å²) in [5.41, 5.74) is -3.98. The first-order valence-electron chi connectivity index (χ1n) is 6.00. The van der Waals surface area contributed by atoms with E-state index in [-0.39, 0.29) is 10.6 Å². The fourth-order valence-corrected chi connectivity index (χ4v) is 2.47. The van der Waals surface area contributed by atoms with Crippen molar-refractivity contribution in [2.45, 2.75) is 18.0 Å². The second kappa shape index (κ2) is 5.33. The molecule has 0 aliphatic heterocycles. The molecule has 1 aromatic heterocycles. The Morgan fingerprint density at radius 2 is 1.83 bits per heavy atom. The van der Waals surface area contributed by atoms with Crippen LogP contribution >= 0.6 is 0 Å². The number of hydrogen-bond acceptors (Lipinski definition) is 6. The number of sulfone groups is 1. The highest BCUT2D eigenvalue weighted by atomic mass is 32.2. The van der Waals surface area contributed by atoms with Gasteiger partial charge in [-0.1, -0.05) is 6.07 Å². The molecule has 7 nitrogen and oxygen atoms in total. The van der Waals surface area contributed by atoms with E-state index in [1.165, 1.54) is 6.92 Å². The van der Waals surface area contributed by atoms with Crippen molar-refractivity contribution in [1.29, 1.82) is 0 Å². The normalized spacial score (nSPS) is 12.4. The third-order valence-electron chi connectivity index (χ3n) is 2.98. The minimum Gasteiger partial charge on any atom is -0.424 e. The van der Waals surface area contributed by atoms with Gasteiger partial charge in [0.25, 0.3) is 0 Å². The van der Waals surface area contributed by atoms with Gasteiger partial charge in [-0.25, -0.2) is 8.42 Å². The minimum atomic E-state index is -4.94. The Morgan fingerprint density at radius 3 is 2.35 bits per heavy atom. The molecule has 0 saturated heterocycles. The van der Waals surface area contributed by atoms with Crippen molar-refractivity contribution in [3.63, 3.8) is 0 Å². The van der Waals surface area contributed by atoms with Crippen molar-refractivity contribution in [3.8, 4) is 11.3 Å². The van der Waals surface area contributed by atoms with Crippen LogP contribution in [0.1, 0.15) is 11.4 Å². The summed E-state index contributed by atoms with van der Waals surface area (Å²) in [6.07, 6.45) is -4.18. The van der Waals surface area contributed by atoms with Crippen LogP contribution in [0, 0.1) is 6.92 Å². The Kier molecular flexibility index (Phi) is 3.93. The van der Waals surface area contributed by atoms with E-state index in [1.807, 2.05) is 0 Å². The van der Waals surface area contributed by atoms with Crippen LogP contribution in [0.15, 0.2) is 27.9 Å². The van der Waals surface area contributed by atoms with E-state index < -0.39 is 43.3 Å². The van der Waals surface area contributed by atoms with E-state index in [1.54, 1.807) is 0 Å². The topological polar surface area (TPSA) is 102 Å². The molecule has 0 amide bonds. The van der Waals surface area contributed by atoms with Gasteiger partial charge in [-0.15, -0.1) is 14.9 Å². The zero-order valence-corrected chi connectivity index (χ0v) is 12.6. The first kappa shape index (κ1) is 16.9. The first-order chi connectivity index (χ1) is 10.4. The maximum atomic E-state index is 13.2. The second-order valence-electron chi connectivity index (χ2n) is 4.69. The van der Waals surface area contributed by atoms with Gasteiger partial charge in [0.2, 0.25) is 0 Å². The average Bonchev–Trinajstić information content (AvgIpc) is 2.42. The molecule has 0 spiro atoms. The van der Waals surface area contributed by atoms with Crippen molar-refractivity contribution in [2.24, 2.45) is 0 Å². The number of aromatic nitrogens is 3. The Hall–Kier alpha value is -2.43. The molecule has 2 rings (SSSR count). The molecule has 2 aromatic rings. The van der Waals surface area contributed by atoms with Crippen molar-refractivity contribution < 1.29 is 26.8 Å². The fourth-order valence-electron chi connectivity index (χ4n) is 1.82. The van der Waals surface area contributed by atoms with E-state index in [0.29, 0.717) is 6.07 Å². The summed E-state index contributed by atoms with van der Waals surface area (Å²) in [5, 5.41) is 16.2. The van der Waals surface area contributed by atoms with E-state index in [0.717, 1.165) is 18.4 Å². The lowest BCUT2D eigenvalue weighted by atomic mass is 10.0. The quantitative estimate of drug-likeness (QED) is 0.819. The highest BCUT2D eigenvalue weighted by molar-refractivity contribution is 7.90. The number of rotatable bonds is 2. The van der Waals surface area contributed by atoms with Crippen LogP contribution in [-0.4, -0.2) is 34.8 Å². The third-order valence-corrected chi connectivity index (χ3v) is 4.09. The lowest BCUT2D eigenvalue weighted by Gasteiger charge is -2.13. The molecule has 0 atom stereocenters. The second-order valence-corrected chi connectivity index (χ2v) is 6.71. The molecule has 0 bridgehead atoms. The standard InChI is InChI=1S/C12H10F3N3O4S/c1-6-16-17-10(11(19)18(6)20)8-4-3-7(23(2,21)22)5-9(8)12(13,14)15/h3-5,20H,1-2H3. The van der Waals surface area contributed by atoms with Gasteiger partial charge in [0.05, 0.1) is 10.5 Å². The predicted molar refractivity (Wildman–Crippen MR) is 71.8 cm³/mol. The molecule has 11 heteroatoms. The number of aryl methyl sites for hydroxylation is 1. The van der Waals surface area contributed by atoms with Crippen LogP contribution in [0.3, 0.4) is 0 Å². The highest BCUT2D eigenvalue weighted by Gasteiger charge is 2.36. The number of hydrogen-bond donors (Lipinski definition) is 1. The van der Waals surface area contributed by atoms with Gasteiger partial charge in [-0.2, -0.15) is 13.2 Å². The van der Waals surface area contributed by atoms with Crippen molar-refractivity contribution in [1.82, 2.24) is 14.9 Å². The largest absolute Gasteiger partial charge is 0.424 e. The number of benzene rings is 1. The summed E-state index contributed by atoms with van der Waals surface area (Å²) in [6.45, 7) is 1.23. The summed E-state index contributed by atoms with van der Waals surface area (Å²) in [5.74, 6) is -0.208. The van der Waals surface area contributed by atoms with Crippen LogP contribution in [0.5, 0.6) is 0 Å². The van der Waals surface area contributed by atoms with Crippen molar-refractivity contribution in [3.05, 3.63) is 39.9 Å². The van der Waals surface area contributed by atoms with Gasteiger partial charge in [0, 0.05) is 11.8 Å². The molecule has 1 heterocycles. The SMILES string of the molecule is Cc1nnc(-c2ccc(S(C)(=O)=O)cc2C(F)(F)F)c(=O)n1O.